The van der Waals surface area contributed by atoms with E-state index >= 15 is 0 Å². The van der Waals surface area contributed by atoms with Crippen LogP contribution in [0.15, 0.2) is 54.6 Å². The van der Waals surface area contributed by atoms with Crippen molar-refractivity contribution in [2.45, 2.75) is 39.2 Å². The molecule has 3 aromatic rings. The highest BCUT2D eigenvalue weighted by Gasteiger charge is 2.23. The zero-order chi connectivity index (χ0) is 24.7. The normalized spacial score (nSPS) is 11.6. The van der Waals surface area contributed by atoms with Crippen molar-refractivity contribution in [3.05, 3.63) is 71.3 Å². The zero-order valence-electron chi connectivity index (χ0n) is 19.4. The van der Waals surface area contributed by atoms with Crippen molar-refractivity contribution in [1.29, 1.82) is 0 Å². The molecule has 178 valence electrons. The number of aliphatic carboxylic acids is 1. The third-order valence-electron chi connectivity index (χ3n) is 5.65. The number of fused-ring (bicyclic) bond motifs is 1. The van der Waals surface area contributed by atoms with Crippen LogP contribution in [0.1, 0.15) is 40.7 Å². The van der Waals surface area contributed by atoms with Crippen molar-refractivity contribution in [3.8, 4) is 0 Å². The van der Waals surface area contributed by atoms with Gasteiger partial charge in [0.1, 0.15) is 6.04 Å². The fraction of sp³-hybridized carbons (Fsp3) is 0.269. The molecule has 6 N–H and O–H groups in total. The number of carbonyl (C=O) groups excluding carboxylic acids is 2. The molecule has 8 heteroatoms. The van der Waals surface area contributed by atoms with Crippen LogP contribution in [0.3, 0.4) is 0 Å². The molecule has 0 aliphatic rings. The highest BCUT2D eigenvalue weighted by molar-refractivity contribution is 6.10. The number of hydrogen-bond donors (Lipinski definition) is 5. The molecular formula is C26H30N4O4. The number of carboxylic acids is 1. The second-order valence-corrected chi connectivity index (χ2v) is 8.24. The van der Waals surface area contributed by atoms with Crippen LogP contribution in [0.5, 0.6) is 0 Å². The van der Waals surface area contributed by atoms with Crippen LogP contribution < -0.4 is 21.7 Å². The van der Waals surface area contributed by atoms with Gasteiger partial charge >= 0.3 is 12.0 Å². The van der Waals surface area contributed by atoms with E-state index in [-0.39, 0.29) is 17.7 Å². The smallest absolute Gasteiger partial charge is 0.326 e. The van der Waals surface area contributed by atoms with Crippen LogP contribution in [0.25, 0.3) is 10.8 Å². The van der Waals surface area contributed by atoms with Crippen LogP contribution in [0.2, 0.25) is 0 Å². The van der Waals surface area contributed by atoms with E-state index in [1.54, 1.807) is 12.1 Å². The quantitative estimate of drug-likeness (QED) is 0.300. The number of rotatable bonds is 9. The number of benzene rings is 3. The Morgan fingerprint density at radius 1 is 0.912 bits per heavy atom. The Hall–Kier alpha value is -3.91. The molecule has 0 bridgehead atoms. The molecule has 0 spiro atoms. The molecule has 0 heterocycles. The molecule has 3 amide bonds. The first kappa shape index (κ1) is 24.7. The van der Waals surface area contributed by atoms with Gasteiger partial charge in [-0.1, -0.05) is 42.5 Å². The summed E-state index contributed by atoms with van der Waals surface area (Å²) in [5.74, 6) is -1.69. The first-order chi connectivity index (χ1) is 16.3. The average molecular weight is 463 g/mol. The highest BCUT2D eigenvalue weighted by atomic mass is 16.4. The molecule has 3 rings (SSSR count). The standard InChI is InChI=1S/C26H30N4O4/c1-16-8-7-9-17(2)23(16)30-26(34)29-22-15-19-11-4-3-10-18(19)14-20(22)24(31)28-21(25(32)33)12-5-6-13-27/h3-4,7-11,14-15,21H,5-6,12-13,27H2,1-2H3,(H,28,31)(H,32,33)(H2,29,30,34)/t21-/m0/s1. The summed E-state index contributed by atoms with van der Waals surface area (Å²) >= 11 is 0. The van der Waals surface area contributed by atoms with E-state index in [0.717, 1.165) is 21.9 Å². The maximum Gasteiger partial charge on any atom is 0.326 e. The second kappa shape index (κ2) is 11.3. The predicted octanol–water partition coefficient (Wildman–Crippen LogP) is 4.41. The van der Waals surface area contributed by atoms with Gasteiger partial charge in [-0.05, 0) is 73.7 Å². The Morgan fingerprint density at radius 3 is 2.18 bits per heavy atom. The molecule has 8 nitrogen and oxygen atoms in total. The Morgan fingerprint density at radius 2 is 1.56 bits per heavy atom. The minimum Gasteiger partial charge on any atom is -0.480 e. The first-order valence-electron chi connectivity index (χ1n) is 11.2. The Bertz CT molecular complexity index is 1190. The minimum absolute atomic E-state index is 0.181. The molecule has 1 atom stereocenters. The van der Waals surface area contributed by atoms with Crippen LogP contribution in [-0.4, -0.2) is 35.6 Å². The van der Waals surface area contributed by atoms with Crippen molar-refractivity contribution >= 4 is 40.1 Å². The number of anilines is 2. The fourth-order valence-corrected chi connectivity index (χ4v) is 3.80. The lowest BCUT2D eigenvalue weighted by atomic mass is 10.0. The molecule has 3 aromatic carbocycles. The molecule has 0 saturated carbocycles. The summed E-state index contributed by atoms with van der Waals surface area (Å²) in [4.78, 5) is 37.7. The van der Waals surface area contributed by atoms with E-state index in [1.807, 2.05) is 56.3 Å². The molecule has 0 saturated heterocycles. The van der Waals surface area contributed by atoms with E-state index in [1.165, 1.54) is 0 Å². The van der Waals surface area contributed by atoms with Gasteiger partial charge in [-0.15, -0.1) is 0 Å². The number of hydrogen-bond acceptors (Lipinski definition) is 4. The lowest BCUT2D eigenvalue weighted by Crippen LogP contribution is -2.41. The Kier molecular flexibility index (Phi) is 8.21. The summed E-state index contributed by atoms with van der Waals surface area (Å²) in [6.45, 7) is 4.25. The number of carbonyl (C=O) groups is 3. The summed E-state index contributed by atoms with van der Waals surface area (Å²) in [6.07, 6.45) is 1.51. The zero-order valence-corrected chi connectivity index (χ0v) is 19.4. The van der Waals surface area contributed by atoms with Crippen LogP contribution >= 0.6 is 0 Å². The summed E-state index contributed by atoms with van der Waals surface area (Å²) in [6, 6.07) is 14.9. The molecule has 0 aliphatic heterocycles. The van der Waals surface area contributed by atoms with Gasteiger partial charge in [-0.2, -0.15) is 0 Å². The van der Waals surface area contributed by atoms with Crippen molar-refractivity contribution in [3.63, 3.8) is 0 Å². The number of para-hydroxylation sites is 1. The number of nitrogens with two attached hydrogens (primary N) is 1. The SMILES string of the molecule is Cc1cccc(C)c1NC(=O)Nc1cc2ccccc2cc1C(=O)N[C@@H](CCCCN)C(=O)O. The topological polar surface area (TPSA) is 134 Å². The number of carboxylic acid groups (broad SMARTS) is 1. The van der Waals surface area contributed by atoms with E-state index < -0.39 is 23.9 Å². The van der Waals surface area contributed by atoms with Crippen LogP contribution in [0, 0.1) is 13.8 Å². The number of unbranched alkanes of at least 4 members (excludes halogenated alkanes) is 1. The Labute approximate surface area is 198 Å². The van der Waals surface area contributed by atoms with E-state index in [0.29, 0.717) is 25.1 Å². The summed E-state index contributed by atoms with van der Waals surface area (Å²) < 4.78 is 0. The molecule has 34 heavy (non-hydrogen) atoms. The van der Waals surface area contributed by atoms with Gasteiger partial charge in [0.2, 0.25) is 0 Å². The lowest BCUT2D eigenvalue weighted by Gasteiger charge is -2.18. The van der Waals surface area contributed by atoms with Crippen molar-refractivity contribution < 1.29 is 19.5 Å². The number of amides is 3. The van der Waals surface area contributed by atoms with Gasteiger partial charge in [0.15, 0.2) is 0 Å². The molecule has 0 fully saturated rings. The summed E-state index contributed by atoms with van der Waals surface area (Å²) in [5, 5.41) is 19.4. The number of urea groups is 1. The average Bonchev–Trinajstić information content (AvgIpc) is 2.80. The van der Waals surface area contributed by atoms with Crippen LogP contribution in [0.4, 0.5) is 16.2 Å². The van der Waals surface area contributed by atoms with Crippen molar-refractivity contribution in [2.24, 2.45) is 5.73 Å². The van der Waals surface area contributed by atoms with Gasteiger partial charge in [-0.3, -0.25) is 4.79 Å². The van der Waals surface area contributed by atoms with Gasteiger partial charge in [-0.25, -0.2) is 9.59 Å². The molecule has 0 aromatic heterocycles. The fourth-order valence-electron chi connectivity index (χ4n) is 3.80. The summed E-state index contributed by atoms with van der Waals surface area (Å²) in [5.41, 5.74) is 8.47. The van der Waals surface area contributed by atoms with Gasteiger partial charge < -0.3 is 26.8 Å². The molecule has 0 radical (unpaired) electrons. The molecule has 0 unspecified atom stereocenters. The lowest BCUT2D eigenvalue weighted by molar-refractivity contribution is -0.139. The highest BCUT2D eigenvalue weighted by Crippen LogP contribution is 2.26. The number of nitrogens with one attached hydrogen (secondary N) is 3. The first-order valence-corrected chi connectivity index (χ1v) is 11.2. The monoisotopic (exact) mass is 462 g/mol. The third kappa shape index (κ3) is 6.11. The largest absolute Gasteiger partial charge is 0.480 e. The summed E-state index contributed by atoms with van der Waals surface area (Å²) in [7, 11) is 0. The number of aryl methyl sites for hydroxylation is 2. The maximum atomic E-state index is 13.1. The van der Waals surface area contributed by atoms with E-state index in [2.05, 4.69) is 16.0 Å². The van der Waals surface area contributed by atoms with Crippen molar-refractivity contribution in [1.82, 2.24) is 5.32 Å². The van der Waals surface area contributed by atoms with Crippen molar-refractivity contribution in [2.75, 3.05) is 17.2 Å². The maximum absolute atomic E-state index is 13.1. The Balaban J connectivity index is 1.89. The predicted molar refractivity (Wildman–Crippen MR) is 134 cm³/mol. The van der Waals surface area contributed by atoms with Gasteiger partial charge in [0, 0.05) is 5.69 Å². The van der Waals surface area contributed by atoms with Gasteiger partial charge in [0.05, 0.1) is 11.3 Å². The third-order valence-corrected chi connectivity index (χ3v) is 5.65. The minimum atomic E-state index is -1.12. The van der Waals surface area contributed by atoms with Gasteiger partial charge in [0.25, 0.3) is 5.91 Å². The second-order valence-electron chi connectivity index (χ2n) is 8.24. The molecular weight excluding hydrogens is 432 g/mol. The van der Waals surface area contributed by atoms with Crippen LogP contribution in [-0.2, 0) is 4.79 Å². The van der Waals surface area contributed by atoms with E-state index in [4.69, 9.17) is 5.73 Å². The molecule has 0 aliphatic carbocycles. The van der Waals surface area contributed by atoms with E-state index in [9.17, 15) is 19.5 Å².